The lowest BCUT2D eigenvalue weighted by atomic mass is 10.1. The third-order valence-electron chi connectivity index (χ3n) is 4.85. The van der Waals surface area contributed by atoms with Crippen molar-refractivity contribution in [1.29, 1.82) is 0 Å². The maximum absolute atomic E-state index is 12.9. The van der Waals surface area contributed by atoms with Gasteiger partial charge in [0.15, 0.2) is 11.5 Å². The Hall–Kier alpha value is -4.79. The number of methoxy groups -OCH3 is 3. The van der Waals surface area contributed by atoms with Crippen LogP contribution in [0, 0.1) is 0 Å². The van der Waals surface area contributed by atoms with Crippen LogP contribution in [0.3, 0.4) is 0 Å². The maximum Gasteiger partial charge on any atom is 0.287 e. The molecule has 9 heteroatoms. The quantitative estimate of drug-likeness (QED) is 0.248. The number of hydrazone groups is 1. The predicted octanol–water partition coefficient (Wildman–Crippen LogP) is 3.34. The molecule has 3 rings (SSSR count). The van der Waals surface area contributed by atoms with Gasteiger partial charge in [-0.25, -0.2) is 5.43 Å². The third kappa shape index (κ3) is 6.61. The minimum atomic E-state index is -0.673. The summed E-state index contributed by atoms with van der Waals surface area (Å²) in [6, 6.07) is 18.2. The molecule has 0 radical (unpaired) electrons. The predicted molar refractivity (Wildman–Crippen MR) is 132 cm³/mol. The fraction of sp³-hybridized carbons (Fsp3) is 0.115. The number of hydrogen-bond acceptors (Lipinski definition) is 7. The zero-order chi connectivity index (χ0) is 25.2. The second-order valence-electron chi connectivity index (χ2n) is 7.12. The highest BCUT2D eigenvalue weighted by Gasteiger charge is 2.15. The average molecular weight is 476 g/mol. The summed E-state index contributed by atoms with van der Waals surface area (Å²) in [7, 11) is 4.50. The van der Waals surface area contributed by atoms with Gasteiger partial charge < -0.3 is 24.6 Å². The van der Waals surface area contributed by atoms with Crippen molar-refractivity contribution in [2.24, 2.45) is 5.10 Å². The van der Waals surface area contributed by atoms with Crippen LogP contribution < -0.4 is 25.0 Å². The molecule has 9 nitrogen and oxygen atoms in total. The summed E-state index contributed by atoms with van der Waals surface area (Å²) in [6.07, 6.45) is 2.76. The number of benzene rings is 3. The smallest absolute Gasteiger partial charge is 0.287 e. The lowest BCUT2D eigenvalue weighted by Gasteiger charge is -2.11. The molecule has 2 amide bonds. The average Bonchev–Trinajstić information content (AvgIpc) is 2.89. The zero-order valence-corrected chi connectivity index (χ0v) is 19.4. The molecule has 0 bridgehead atoms. The molecule has 3 aromatic carbocycles. The van der Waals surface area contributed by atoms with E-state index < -0.39 is 11.8 Å². The van der Waals surface area contributed by atoms with Gasteiger partial charge in [0.2, 0.25) is 0 Å². The van der Waals surface area contributed by atoms with Crippen LogP contribution in [-0.2, 0) is 4.79 Å². The molecule has 180 valence electrons. The van der Waals surface area contributed by atoms with E-state index in [2.05, 4.69) is 15.8 Å². The molecular formula is C26H25N3O6. The van der Waals surface area contributed by atoms with E-state index in [0.717, 1.165) is 0 Å². The molecule has 0 saturated carbocycles. The molecule has 0 unspecified atom stereocenters. The molecule has 3 aromatic rings. The number of amides is 2. The molecule has 0 aliphatic heterocycles. The Morgan fingerprint density at radius 3 is 2.29 bits per heavy atom. The van der Waals surface area contributed by atoms with Crippen LogP contribution >= 0.6 is 0 Å². The number of phenols is 1. The molecule has 35 heavy (non-hydrogen) atoms. The lowest BCUT2D eigenvalue weighted by Crippen LogP contribution is -2.32. The third-order valence-corrected chi connectivity index (χ3v) is 4.85. The number of aromatic hydroxyl groups is 1. The first-order valence-electron chi connectivity index (χ1n) is 10.5. The summed E-state index contributed by atoms with van der Waals surface area (Å²) in [4.78, 5) is 25.6. The van der Waals surface area contributed by atoms with E-state index in [4.69, 9.17) is 14.2 Å². The first-order chi connectivity index (χ1) is 16.9. The van der Waals surface area contributed by atoms with E-state index >= 15 is 0 Å². The molecule has 0 heterocycles. The van der Waals surface area contributed by atoms with Crippen molar-refractivity contribution >= 4 is 24.1 Å². The van der Waals surface area contributed by atoms with Gasteiger partial charge in [-0.05, 0) is 48.0 Å². The van der Waals surface area contributed by atoms with Gasteiger partial charge in [-0.15, -0.1) is 0 Å². The van der Waals surface area contributed by atoms with Gasteiger partial charge in [-0.3, -0.25) is 9.59 Å². The van der Waals surface area contributed by atoms with Gasteiger partial charge >= 0.3 is 0 Å². The highest BCUT2D eigenvalue weighted by atomic mass is 16.5. The zero-order valence-electron chi connectivity index (χ0n) is 19.4. The normalized spacial score (nSPS) is 11.1. The summed E-state index contributed by atoms with van der Waals surface area (Å²) in [5.41, 5.74) is 3.64. The number of hydrogen-bond donors (Lipinski definition) is 3. The van der Waals surface area contributed by atoms with Crippen LogP contribution in [0.15, 0.2) is 77.5 Å². The number of ether oxygens (including phenoxy) is 3. The first-order valence-corrected chi connectivity index (χ1v) is 10.5. The van der Waals surface area contributed by atoms with Gasteiger partial charge in [-0.1, -0.05) is 24.3 Å². The summed E-state index contributed by atoms with van der Waals surface area (Å²) >= 11 is 0. The summed E-state index contributed by atoms with van der Waals surface area (Å²) in [5.74, 6) is 0.252. The van der Waals surface area contributed by atoms with E-state index in [1.807, 2.05) is 0 Å². The van der Waals surface area contributed by atoms with E-state index in [-0.39, 0.29) is 11.4 Å². The molecule has 0 aromatic heterocycles. The monoisotopic (exact) mass is 475 g/mol. The van der Waals surface area contributed by atoms with Crippen molar-refractivity contribution in [3.8, 4) is 23.0 Å². The van der Waals surface area contributed by atoms with Crippen LogP contribution in [0.2, 0.25) is 0 Å². The molecule has 0 fully saturated rings. The van der Waals surface area contributed by atoms with Crippen molar-refractivity contribution in [3.05, 3.63) is 89.1 Å². The fourth-order valence-corrected chi connectivity index (χ4v) is 3.03. The Balaban J connectivity index is 1.86. The van der Waals surface area contributed by atoms with Gasteiger partial charge in [0.05, 0.1) is 27.5 Å². The van der Waals surface area contributed by atoms with Crippen molar-refractivity contribution in [1.82, 2.24) is 10.7 Å². The Labute approximate surface area is 202 Å². The second kappa shape index (κ2) is 11.9. The second-order valence-corrected chi connectivity index (χ2v) is 7.12. The lowest BCUT2D eigenvalue weighted by molar-refractivity contribution is -0.117. The van der Waals surface area contributed by atoms with Crippen molar-refractivity contribution in [2.75, 3.05) is 21.3 Å². The molecular weight excluding hydrogens is 450 g/mol. The Morgan fingerprint density at radius 2 is 1.63 bits per heavy atom. The molecule has 0 saturated heterocycles. The summed E-state index contributed by atoms with van der Waals surface area (Å²) < 4.78 is 15.6. The standard InChI is InChI=1S/C26H25N3O6/c1-33-20-11-10-19(22(30)15-20)16-27-29-26(32)21(28-25(31)18-7-5-4-6-8-18)13-17-9-12-23(34-2)24(14-17)35-3/h4-16,30H,1-3H3,(H,28,31)(H,29,32)/b21-13?,27-16+. The van der Waals surface area contributed by atoms with Crippen molar-refractivity contribution in [3.63, 3.8) is 0 Å². The van der Waals surface area contributed by atoms with E-state index in [1.165, 1.54) is 39.7 Å². The van der Waals surface area contributed by atoms with Crippen LogP contribution in [0.1, 0.15) is 21.5 Å². The van der Waals surface area contributed by atoms with Crippen LogP contribution in [0.5, 0.6) is 23.0 Å². The Morgan fingerprint density at radius 1 is 0.886 bits per heavy atom. The number of nitrogens with zero attached hydrogens (tertiary/aromatic N) is 1. The molecule has 0 spiro atoms. The van der Waals surface area contributed by atoms with Crippen LogP contribution in [0.25, 0.3) is 6.08 Å². The number of carbonyl (C=O) groups is 2. The number of carbonyl (C=O) groups excluding carboxylic acids is 2. The van der Waals surface area contributed by atoms with E-state index in [9.17, 15) is 14.7 Å². The van der Waals surface area contributed by atoms with Crippen molar-refractivity contribution in [2.45, 2.75) is 0 Å². The van der Waals surface area contributed by atoms with E-state index in [0.29, 0.717) is 33.9 Å². The number of nitrogens with one attached hydrogen (secondary N) is 2. The molecule has 0 aliphatic rings. The molecule has 0 aliphatic carbocycles. The van der Waals surface area contributed by atoms with Gasteiger partial charge in [0.25, 0.3) is 11.8 Å². The number of rotatable bonds is 9. The first kappa shape index (κ1) is 24.8. The minimum absolute atomic E-state index is 0.0535. The molecule has 0 atom stereocenters. The van der Waals surface area contributed by atoms with Crippen molar-refractivity contribution < 1.29 is 28.9 Å². The van der Waals surface area contributed by atoms with E-state index in [1.54, 1.807) is 60.7 Å². The maximum atomic E-state index is 12.9. The summed E-state index contributed by atoms with van der Waals surface area (Å²) in [5, 5.41) is 16.6. The Bertz CT molecular complexity index is 1260. The largest absolute Gasteiger partial charge is 0.507 e. The highest BCUT2D eigenvalue weighted by Crippen LogP contribution is 2.28. The topological polar surface area (TPSA) is 118 Å². The summed E-state index contributed by atoms with van der Waals surface area (Å²) in [6.45, 7) is 0. The SMILES string of the molecule is COc1ccc(/C=N/NC(=O)C(=Cc2ccc(OC)c(OC)c2)NC(=O)c2ccccc2)c(O)c1. The number of phenolic OH excluding ortho intramolecular Hbond substituents is 1. The highest BCUT2D eigenvalue weighted by molar-refractivity contribution is 6.05. The van der Waals surface area contributed by atoms with Gasteiger partial charge in [0.1, 0.15) is 17.2 Å². The fourth-order valence-electron chi connectivity index (χ4n) is 3.03. The van der Waals surface area contributed by atoms with Crippen LogP contribution in [-0.4, -0.2) is 44.5 Å². The minimum Gasteiger partial charge on any atom is -0.507 e. The Kier molecular flexibility index (Phi) is 8.44. The molecule has 3 N–H and O–H groups in total. The van der Waals surface area contributed by atoms with Gasteiger partial charge in [0, 0.05) is 17.2 Å². The van der Waals surface area contributed by atoms with Crippen LogP contribution in [0.4, 0.5) is 0 Å². The van der Waals surface area contributed by atoms with Gasteiger partial charge in [-0.2, -0.15) is 5.10 Å².